The van der Waals surface area contributed by atoms with E-state index in [9.17, 15) is 0 Å². The van der Waals surface area contributed by atoms with Crippen molar-refractivity contribution in [3.05, 3.63) is 12.8 Å². The molecule has 4 nitrogen and oxygen atoms in total. The molecule has 0 aromatic rings. The second-order valence-corrected chi connectivity index (χ2v) is 1.74. The molecule has 0 spiro atoms. The van der Waals surface area contributed by atoms with E-state index in [4.69, 9.17) is 18.8 Å². The Morgan fingerprint density at radius 2 is 2.27 bits per heavy atom. The molecule has 64 valence electrons. The Balaban J connectivity index is 3.27. The minimum atomic E-state index is -0.375. The van der Waals surface area contributed by atoms with Crippen LogP contribution in [0, 0.1) is 0 Å². The molecule has 0 aliphatic rings. The van der Waals surface area contributed by atoms with Gasteiger partial charge in [0.05, 0.1) is 12.9 Å². The third-order valence-corrected chi connectivity index (χ3v) is 1.01. The van der Waals surface area contributed by atoms with Gasteiger partial charge in [0, 0.05) is 14.2 Å². The van der Waals surface area contributed by atoms with Crippen molar-refractivity contribution in [2.45, 2.75) is 6.29 Å². The third-order valence-electron chi connectivity index (χ3n) is 1.01. The standard InChI is InChI=1S/C6H13BO4/c1-4-10-7-11-6(9-3)5-8-2/h4,6-7H,1,5H2,2-3H3. The molecule has 0 radical (unpaired) electrons. The molecule has 11 heavy (non-hydrogen) atoms. The summed E-state index contributed by atoms with van der Waals surface area (Å²) in [6.45, 7) is 3.74. The van der Waals surface area contributed by atoms with E-state index in [1.54, 1.807) is 7.11 Å². The highest BCUT2D eigenvalue weighted by Gasteiger charge is 2.06. The smallest absolute Gasteiger partial charge is 0.508 e. The second kappa shape index (κ2) is 7.59. The summed E-state index contributed by atoms with van der Waals surface area (Å²) in [5, 5.41) is 0. The fourth-order valence-electron chi connectivity index (χ4n) is 0.484. The van der Waals surface area contributed by atoms with Crippen LogP contribution in [0.15, 0.2) is 12.8 Å². The summed E-state index contributed by atoms with van der Waals surface area (Å²) in [7, 11) is 3.24. The van der Waals surface area contributed by atoms with E-state index in [0.717, 1.165) is 0 Å². The molecule has 0 aliphatic heterocycles. The van der Waals surface area contributed by atoms with Crippen molar-refractivity contribution >= 4 is 7.69 Å². The second-order valence-electron chi connectivity index (χ2n) is 1.74. The van der Waals surface area contributed by atoms with Crippen LogP contribution < -0.4 is 0 Å². The van der Waals surface area contributed by atoms with Crippen LogP contribution in [0.5, 0.6) is 0 Å². The highest BCUT2D eigenvalue weighted by Crippen LogP contribution is 1.91. The van der Waals surface area contributed by atoms with E-state index in [1.165, 1.54) is 13.4 Å². The quantitative estimate of drug-likeness (QED) is 0.228. The van der Waals surface area contributed by atoms with Crippen LogP contribution in [0.25, 0.3) is 0 Å². The van der Waals surface area contributed by atoms with Gasteiger partial charge in [0.1, 0.15) is 0 Å². The molecular formula is C6H13BO4. The van der Waals surface area contributed by atoms with Crippen molar-refractivity contribution in [2.24, 2.45) is 0 Å². The summed E-state index contributed by atoms with van der Waals surface area (Å²) in [5.41, 5.74) is 0. The molecule has 1 unspecified atom stereocenters. The lowest BCUT2D eigenvalue weighted by Gasteiger charge is -2.13. The summed E-state index contributed by atoms with van der Waals surface area (Å²) < 4.78 is 19.4. The normalized spacial score (nSPS) is 12.2. The van der Waals surface area contributed by atoms with E-state index in [2.05, 4.69) is 6.58 Å². The minimum Gasteiger partial charge on any atom is -0.545 e. The van der Waals surface area contributed by atoms with Gasteiger partial charge >= 0.3 is 7.69 Å². The SMILES string of the molecule is C=COBOC(COC)OC. The van der Waals surface area contributed by atoms with E-state index >= 15 is 0 Å². The van der Waals surface area contributed by atoms with Crippen molar-refractivity contribution in [3.63, 3.8) is 0 Å². The van der Waals surface area contributed by atoms with Crippen LogP contribution in [-0.4, -0.2) is 34.8 Å². The first-order valence-corrected chi connectivity index (χ1v) is 3.21. The fourth-order valence-corrected chi connectivity index (χ4v) is 0.484. The van der Waals surface area contributed by atoms with Crippen LogP contribution in [0.4, 0.5) is 0 Å². The van der Waals surface area contributed by atoms with Gasteiger partial charge in [0.25, 0.3) is 0 Å². The molecule has 0 heterocycles. The Bertz CT molecular complexity index is 98.6. The average molecular weight is 160 g/mol. The lowest BCUT2D eigenvalue weighted by Crippen LogP contribution is -2.23. The van der Waals surface area contributed by atoms with Gasteiger partial charge in [-0.15, -0.1) is 0 Å². The zero-order valence-electron chi connectivity index (χ0n) is 6.91. The average Bonchev–Trinajstić information content (AvgIpc) is 2.03. The van der Waals surface area contributed by atoms with Crippen molar-refractivity contribution < 1.29 is 18.8 Å². The maximum absolute atomic E-state index is 5.03. The fraction of sp³-hybridized carbons (Fsp3) is 0.667. The van der Waals surface area contributed by atoms with E-state index in [0.29, 0.717) is 6.61 Å². The van der Waals surface area contributed by atoms with Gasteiger partial charge < -0.3 is 18.8 Å². The van der Waals surface area contributed by atoms with Gasteiger partial charge in [-0.1, -0.05) is 6.58 Å². The van der Waals surface area contributed by atoms with Gasteiger partial charge in [-0.05, 0) is 0 Å². The highest BCUT2D eigenvalue weighted by molar-refractivity contribution is 6.18. The maximum atomic E-state index is 5.03. The molecule has 0 aromatic heterocycles. The van der Waals surface area contributed by atoms with Gasteiger partial charge in [-0.2, -0.15) is 0 Å². The van der Waals surface area contributed by atoms with Crippen molar-refractivity contribution in [3.8, 4) is 0 Å². The number of methoxy groups -OCH3 is 2. The topological polar surface area (TPSA) is 36.9 Å². The molecule has 0 aliphatic carbocycles. The number of rotatable bonds is 7. The first-order valence-electron chi connectivity index (χ1n) is 3.21. The zero-order chi connectivity index (χ0) is 8.53. The van der Waals surface area contributed by atoms with Crippen LogP contribution in [0.2, 0.25) is 0 Å². The molecular weight excluding hydrogens is 147 g/mol. The van der Waals surface area contributed by atoms with Crippen LogP contribution in [-0.2, 0) is 18.8 Å². The van der Waals surface area contributed by atoms with Crippen LogP contribution >= 0.6 is 0 Å². The largest absolute Gasteiger partial charge is 0.545 e. The predicted octanol–water partition coefficient (Wildman–Crippen LogP) is 0.0485. The zero-order valence-corrected chi connectivity index (χ0v) is 6.91. The summed E-state index contributed by atoms with van der Waals surface area (Å²) >= 11 is 0. The molecule has 1 atom stereocenters. The first kappa shape index (κ1) is 10.5. The molecule has 0 amide bonds. The Labute approximate surface area is 67.4 Å². The molecule has 5 heteroatoms. The maximum Gasteiger partial charge on any atom is 0.508 e. The lowest BCUT2D eigenvalue weighted by molar-refractivity contribution is -0.0987. The Morgan fingerprint density at radius 3 is 2.73 bits per heavy atom. The molecule has 0 saturated carbocycles. The molecule has 0 bridgehead atoms. The number of ether oxygens (including phenoxy) is 2. The molecule has 0 saturated heterocycles. The van der Waals surface area contributed by atoms with Gasteiger partial charge in [0.2, 0.25) is 0 Å². The predicted molar refractivity (Wildman–Crippen MR) is 42.2 cm³/mol. The van der Waals surface area contributed by atoms with E-state index in [1.807, 2.05) is 0 Å². The van der Waals surface area contributed by atoms with E-state index < -0.39 is 0 Å². The third kappa shape index (κ3) is 5.91. The lowest BCUT2D eigenvalue weighted by atomic mass is 10.4. The van der Waals surface area contributed by atoms with Crippen molar-refractivity contribution in [2.75, 3.05) is 20.8 Å². The summed E-state index contributed by atoms with van der Waals surface area (Å²) in [5.74, 6) is 0. The van der Waals surface area contributed by atoms with Gasteiger partial charge in [-0.25, -0.2) is 0 Å². The molecule has 0 N–H and O–H groups in total. The molecule has 0 aromatic carbocycles. The molecule has 0 rings (SSSR count). The van der Waals surface area contributed by atoms with Gasteiger partial charge in [0.15, 0.2) is 6.29 Å². The van der Waals surface area contributed by atoms with Crippen LogP contribution in [0.3, 0.4) is 0 Å². The Hall–Kier alpha value is -0.515. The highest BCUT2D eigenvalue weighted by atomic mass is 16.7. The summed E-state index contributed by atoms with van der Waals surface area (Å²) in [4.78, 5) is 0. The summed E-state index contributed by atoms with van der Waals surface area (Å²) in [6, 6.07) is 0. The number of hydrogen-bond acceptors (Lipinski definition) is 4. The summed E-state index contributed by atoms with van der Waals surface area (Å²) in [6.07, 6.45) is 0.930. The molecule has 0 fully saturated rings. The van der Waals surface area contributed by atoms with Crippen molar-refractivity contribution in [1.82, 2.24) is 0 Å². The van der Waals surface area contributed by atoms with E-state index in [-0.39, 0.29) is 14.0 Å². The first-order chi connectivity index (χ1) is 5.35. The van der Waals surface area contributed by atoms with Crippen molar-refractivity contribution in [1.29, 1.82) is 0 Å². The Kier molecular flexibility index (Phi) is 7.23. The minimum absolute atomic E-state index is 0.130. The Morgan fingerprint density at radius 1 is 1.55 bits per heavy atom. The van der Waals surface area contributed by atoms with Crippen LogP contribution in [0.1, 0.15) is 0 Å². The number of hydrogen-bond donors (Lipinski definition) is 0. The van der Waals surface area contributed by atoms with Gasteiger partial charge in [-0.3, -0.25) is 0 Å². The monoisotopic (exact) mass is 160 g/mol.